The summed E-state index contributed by atoms with van der Waals surface area (Å²) in [7, 11) is 0. The summed E-state index contributed by atoms with van der Waals surface area (Å²) >= 11 is 0. The van der Waals surface area contributed by atoms with E-state index in [0.29, 0.717) is 12.8 Å². The molecule has 0 bridgehead atoms. The molecule has 4 heteroatoms. The Labute approximate surface area is 114 Å². The number of nitrogens with one attached hydrogen (secondary N) is 1. The van der Waals surface area contributed by atoms with Gasteiger partial charge < -0.3 is 16.2 Å². The number of rotatable bonds is 5. The molecule has 4 N–H and O–H groups in total. The van der Waals surface area contributed by atoms with Crippen molar-refractivity contribution in [3.8, 4) is 0 Å². The van der Waals surface area contributed by atoms with Gasteiger partial charge in [0.25, 0.3) is 0 Å². The van der Waals surface area contributed by atoms with E-state index in [2.05, 4.69) is 5.32 Å². The Balaban J connectivity index is 1.82. The van der Waals surface area contributed by atoms with Crippen LogP contribution in [0.3, 0.4) is 0 Å². The number of amides is 1. The van der Waals surface area contributed by atoms with Crippen molar-refractivity contribution in [2.24, 2.45) is 0 Å². The Morgan fingerprint density at radius 1 is 1.26 bits per heavy atom. The third kappa shape index (κ3) is 3.70. The molecule has 1 aliphatic carbocycles. The number of nitrogen functional groups attached to an aromatic ring is 1. The molecule has 0 spiro atoms. The molecule has 1 aromatic carbocycles. The maximum Gasteiger partial charge on any atom is 0.220 e. The van der Waals surface area contributed by atoms with Crippen LogP contribution in [0.25, 0.3) is 0 Å². The molecule has 0 heterocycles. The number of benzene rings is 1. The fourth-order valence-corrected chi connectivity index (χ4v) is 2.67. The zero-order chi connectivity index (χ0) is 13.7. The number of carbonyl (C=O) groups excluding carboxylic acids is 1. The van der Waals surface area contributed by atoms with E-state index in [-0.39, 0.29) is 18.1 Å². The second-order valence-electron chi connectivity index (χ2n) is 5.44. The maximum absolute atomic E-state index is 12.0. The van der Waals surface area contributed by atoms with Gasteiger partial charge in [-0.25, -0.2) is 0 Å². The van der Waals surface area contributed by atoms with Gasteiger partial charge in [0.05, 0.1) is 12.1 Å². The highest BCUT2D eigenvalue weighted by Crippen LogP contribution is 2.29. The number of nitrogens with two attached hydrogens (primary N) is 1. The summed E-state index contributed by atoms with van der Waals surface area (Å²) in [5.74, 6) is 0.0211. The van der Waals surface area contributed by atoms with Gasteiger partial charge in [0.1, 0.15) is 0 Å². The van der Waals surface area contributed by atoms with Crippen molar-refractivity contribution in [2.45, 2.75) is 44.1 Å². The highest BCUT2D eigenvalue weighted by atomic mass is 16.3. The molecule has 19 heavy (non-hydrogen) atoms. The van der Waals surface area contributed by atoms with Gasteiger partial charge in [-0.3, -0.25) is 4.79 Å². The number of carbonyl (C=O) groups is 1. The average Bonchev–Trinajstić information content (AvgIpc) is 2.87. The lowest BCUT2D eigenvalue weighted by Gasteiger charge is -2.28. The summed E-state index contributed by atoms with van der Waals surface area (Å²) in [4.78, 5) is 12.0. The maximum atomic E-state index is 12.0. The fourth-order valence-electron chi connectivity index (χ4n) is 2.67. The van der Waals surface area contributed by atoms with Crippen molar-refractivity contribution in [2.75, 3.05) is 12.3 Å². The molecule has 0 radical (unpaired) electrons. The number of hydrogen-bond acceptors (Lipinski definition) is 3. The summed E-state index contributed by atoms with van der Waals surface area (Å²) in [5.41, 5.74) is 7.10. The average molecular weight is 262 g/mol. The van der Waals surface area contributed by atoms with Crippen LogP contribution in [0.15, 0.2) is 24.3 Å². The molecule has 0 aromatic heterocycles. The first kappa shape index (κ1) is 13.9. The zero-order valence-electron chi connectivity index (χ0n) is 11.2. The molecule has 0 aliphatic heterocycles. The number of anilines is 1. The van der Waals surface area contributed by atoms with Crippen LogP contribution in [-0.4, -0.2) is 23.2 Å². The third-order valence-electron chi connectivity index (χ3n) is 3.89. The molecule has 4 nitrogen and oxygen atoms in total. The number of hydrogen-bond donors (Lipinski definition) is 3. The van der Waals surface area contributed by atoms with E-state index in [1.54, 1.807) is 0 Å². The largest absolute Gasteiger partial charge is 0.399 e. The van der Waals surface area contributed by atoms with Crippen LogP contribution < -0.4 is 11.1 Å². The van der Waals surface area contributed by atoms with Crippen molar-refractivity contribution < 1.29 is 9.90 Å². The minimum absolute atomic E-state index is 0.0211. The Bertz CT molecular complexity index is 422. The predicted octanol–water partition coefficient (Wildman–Crippen LogP) is 1.62. The highest BCUT2D eigenvalue weighted by molar-refractivity contribution is 5.77. The van der Waals surface area contributed by atoms with Crippen molar-refractivity contribution in [1.29, 1.82) is 0 Å². The minimum atomic E-state index is -0.363. The van der Waals surface area contributed by atoms with Gasteiger partial charge in [0.2, 0.25) is 5.91 Å². The Kier molecular flexibility index (Phi) is 4.43. The molecule has 0 unspecified atom stereocenters. The summed E-state index contributed by atoms with van der Waals surface area (Å²) in [6.07, 6.45) is 5.09. The van der Waals surface area contributed by atoms with E-state index in [0.717, 1.165) is 36.9 Å². The van der Waals surface area contributed by atoms with E-state index in [9.17, 15) is 9.90 Å². The van der Waals surface area contributed by atoms with Crippen LogP contribution in [0, 0.1) is 0 Å². The molecule has 2 rings (SSSR count). The van der Waals surface area contributed by atoms with Gasteiger partial charge in [-0.15, -0.1) is 0 Å². The van der Waals surface area contributed by atoms with Gasteiger partial charge in [0, 0.05) is 12.1 Å². The third-order valence-corrected chi connectivity index (χ3v) is 3.89. The van der Waals surface area contributed by atoms with Crippen LogP contribution in [0.1, 0.15) is 37.7 Å². The normalized spacial score (nSPS) is 17.3. The highest BCUT2D eigenvalue weighted by Gasteiger charge is 2.34. The lowest BCUT2D eigenvalue weighted by molar-refractivity contribution is -0.123. The van der Waals surface area contributed by atoms with Crippen molar-refractivity contribution in [1.82, 2.24) is 5.32 Å². The summed E-state index contributed by atoms with van der Waals surface area (Å²) in [5, 5.41) is 12.5. The number of aliphatic hydroxyl groups excluding tert-OH is 1. The number of aryl methyl sites for hydroxylation is 1. The van der Waals surface area contributed by atoms with E-state index in [1.807, 2.05) is 24.3 Å². The van der Waals surface area contributed by atoms with E-state index in [1.165, 1.54) is 0 Å². The molecule has 1 amide bonds. The Morgan fingerprint density at radius 3 is 2.47 bits per heavy atom. The van der Waals surface area contributed by atoms with Crippen LogP contribution in [0.4, 0.5) is 5.69 Å². The van der Waals surface area contributed by atoms with Crippen molar-refractivity contribution >= 4 is 11.6 Å². The Morgan fingerprint density at radius 2 is 1.89 bits per heavy atom. The van der Waals surface area contributed by atoms with Gasteiger partial charge in [-0.05, 0) is 37.0 Å². The van der Waals surface area contributed by atoms with Gasteiger partial charge >= 0.3 is 0 Å². The first-order valence-electron chi connectivity index (χ1n) is 6.90. The summed E-state index contributed by atoms with van der Waals surface area (Å²) in [6.45, 7) is 0.0423. The molecule has 1 aliphatic rings. The topological polar surface area (TPSA) is 75.4 Å². The smallest absolute Gasteiger partial charge is 0.220 e. The lowest BCUT2D eigenvalue weighted by Crippen LogP contribution is -2.49. The number of aliphatic hydroxyl groups is 1. The predicted molar refractivity (Wildman–Crippen MR) is 75.6 cm³/mol. The van der Waals surface area contributed by atoms with E-state index in [4.69, 9.17) is 5.73 Å². The summed E-state index contributed by atoms with van der Waals surface area (Å²) < 4.78 is 0. The molecule has 104 valence electrons. The molecular formula is C15H22N2O2. The second kappa shape index (κ2) is 6.06. The molecule has 1 aromatic rings. The van der Waals surface area contributed by atoms with Gasteiger partial charge in [-0.2, -0.15) is 0 Å². The van der Waals surface area contributed by atoms with Crippen molar-refractivity contribution in [3.05, 3.63) is 29.8 Å². The lowest BCUT2D eigenvalue weighted by atomic mass is 9.98. The van der Waals surface area contributed by atoms with Crippen LogP contribution in [-0.2, 0) is 11.2 Å². The molecule has 0 atom stereocenters. The monoisotopic (exact) mass is 262 g/mol. The van der Waals surface area contributed by atoms with E-state index >= 15 is 0 Å². The van der Waals surface area contributed by atoms with Crippen LogP contribution in [0.5, 0.6) is 0 Å². The minimum Gasteiger partial charge on any atom is -0.399 e. The van der Waals surface area contributed by atoms with Crippen molar-refractivity contribution in [3.63, 3.8) is 0 Å². The first-order valence-corrected chi connectivity index (χ1v) is 6.90. The molecular weight excluding hydrogens is 240 g/mol. The van der Waals surface area contributed by atoms with Crippen LogP contribution in [0.2, 0.25) is 0 Å². The molecule has 0 saturated heterocycles. The quantitative estimate of drug-likeness (QED) is 0.706. The van der Waals surface area contributed by atoms with E-state index < -0.39 is 0 Å². The fraction of sp³-hybridized carbons (Fsp3) is 0.533. The van der Waals surface area contributed by atoms with Gasteiger partial charge in [0.15, 0.2) is 0 Å². The standard InChI is InChI=1S/C15H22N2O2/c16-13-6-3-12(4-7-13)5-8-14(19)17-15(11-18)9-1-2-10-15/h3-4,6-7,18H,1-2,5,8-11,16H2,(H,17,19). The Hall–Kier alpha value is -1.55. The molecule has 1 fully saturated rings. The van der Waals surface area contributed by atoms with Gasteiger partial charge in [-0.1, -0.05) is 25.0 Å². The van der Waals surface area contributed by atoms with Crippen LogP contribution >= 0.6 is 0 Å². The second-order valence-corrected chi connectivity index (χ2v) is 5.44. The summed E-state index contributed by atoms with van der Waals surface area (Å²) in [6, 6.07) is 7.58. The molecule has 1 saturated carbocycles. The SMILES string of the molecule is Nc1ccc(CCC(=O)NC2(CO)CCCC2)cc1. The zero-order valence-corrected chi connectivity index (χ0v) is 11.2. The first-order chi connectivity index (χ1) is 9.13.